The molecule has 134 valence electrons. The van der Waals surface area contributed by atoms with Gasteiger partial charge in [-0.2, -0.15) is 0 Å². The number of hydrogen-bond acceptors (Lipinski definition) is 2. The van der Waals surface area contributed by atoms with Gasteiger partial charge in [-0.15, -0.1) is 0 Å². The second kappa shape index (κ2) is 11.0. The van der Waals surface area contributed by atoms with E-state index in [1.165, 1.54) is 0 Å². The minimum atomic E-state index is -0.238. The van der Waals surface area contributed by atoms with Gasteiger partial charge in [0.2, 0.25) is 0 Å². The number of rotatable bonds is 10. The number of hydrogen-bond donors (Lipinski definition) is 0. The average Bonchev–Trinajstić information content (AvgIpc) is 2.60. The Morgan fingerprint density at radius 2 is 1.88 bits per heavy atom. The van der Waals surface area contributed by atoms with Crippen molar-refractivity contribution in [2.24, 2.45) is 0 Å². The molecule has 0 aliphatic carbocycles. The van der Waals surface area contributed by atoms with Crippen LogP contribution in [0, 0.1) is 0 Å². The zero-order valence-electron chi connectivity index (χ0n) is 15.3. The summed E-state index contributed by atoms with van der Waals surface area (Å²) in [6.45, 7) is 18.4. The van der Waals surface area contributed by atoms with Crippen LogP contribution in [0.15, 0.2) is 60.6 Å². The van der Waals surface area contributed by atoms with Gasteiger partial charge in [0.1, 0.15) is 5.83 Å². The molecule has 24 heavy (non-hydrogen) atoms. The Bertz CT molecular complexity index is 498. The Morgan fingerprint density at radius 1 is 1.21 bits per heavy atom. The Balaban J connectivity index is 2.87. The summed E-state index contributed by atoms with van der Waals surface area (Å²) in [5.41, 5.74) is 2.44. The Morgan fingerprint density at radius 3 is 2.38 bits per heavy atom. The van der Waals surface area contributed by atoms with Crippen molar-refractivity contribution in [1.82, 2.24) is 4.90 Å². The van der Waals surface area contributed by atoms with Gasteiger partial charge in [0.15, 0.2) is 0 Å². The molecule has 0 amide bonds. The summed E-state index contributed by atoms with van der Waals surface area (Å²) in [5, 5.41) is 0. The summed E-state index contributed by atoms with van der Waals surface area (Å²) in [5.74, 6) is -0.238. The van der Waals surface area contributed by atoms with Crippen LogP contribution in [0.25, 0.3) is 0 Å². The summed E-state index contributed by atoms with van der Waals surface area (Å²) in [4.78, 5) is 2.28. The quantitative estimate of drug-likeness (QED) is 0.475. The van der Waals surface area contributed by atoms with E-state index in [0.717, 1.165) is 56.7 Å². The molecule has 1 saturated heterocycles. The first kappa shape index (κ1) is 20.4. The summed E-state index contributed by atoms with van der Waals surface area (Å²) in [6.07, 6.45) is 9.17. The monoisotopic (exact) mass is 333 g/mol. The SMILES string of the molecule is C=C/C(=C\C(F)=C(/C=C)CC(=C)N(CC)C1CCOCC1)CCC. The van der Waals surface area contributed by atoms with E-state index < -0.39 is 0 Å². The molecule has 0 saturated carbocycles. The van der Waals surface area contributed by atoms with Crippen LogP contribution in [0.2, 0.25) is 0 Å². The minimum Gasteiger partial charge on any atom is -0.381 e. The molecule has 0 aromatic rings. The van der Waals surface area contributed by atoms with Crippen molar-refractivity contribution in [2.45, 2.75) is 52.0 Å². The van der Waals surface area contributed by atoms with Crippen LogP contribution in [0.3, 0.4) is 0 Å². The highest BCUT2D eigenvalue weighted by Crippen LogP contribution is 2.25. The lowest BCUT2D eigenvalue weighted by molar-refractivity contribution is 0.0466. The fourth-order valence-electron chi connectivity index (χ4n) is 3.09. The zero-order valence-corrected chi connectivity index (χ0v) is 15.3. The summed E-state index contributed by atoms with van der Waals surface area (Å²) >= 11 is 0. The highest BCUT2D eigenvalue weighted by atomic mass is 19.1. The van der Waals surface area contributed by atoms with E-state index in [2.05, 4.69) is 38.5 Å². The van der Waals surface area contributed by atoms with Gasteiger partial charge in [-0.05, 0) is 43.4 Å². The van der Waals surface area contributed by atoms with Gasteiger partial charge in [-0.1, -0.05) is 45.2 Å². The van der Waals surface area contributed by atoms with Crippen molar-refractivity contribution < 1.29 is 9.13 Å². The van der Waals surface area contributed by atoms with Crippen molar-refractivity contribution in [3.05, 3.63) is 60.6 Å². The second-order valence-electron chi connectivity index (χ2n) is 6.12. The molecule has 0 aromatic heterocycles. The predicted octanol–water partition coefficient (Wildman–Crippen LogP) is 5.71. The minimum absolute atomic E-state index is 0.238. The fraction of sp³-hybridized carbons (Fsp3) is 0.524. The lowest BCUT2D eigenvalue weighted by Gasteiger charge is -2.36. The highest BCUT2D eigenvalue weighted by molar-refractivity contribution is 5.35. The van der Waals surface area contributed by atoms with Crippen LogP contribution in [-0.2, 0) is 4.74 Å². The molecule has 0 radical (unpaired) electrons. The maximum absolute atomic E-state index is 14.6. The molecule has 0 unspecified atom stereocenters. The topological polar surface area (TPSA) is 12.5 Å². The van der Waals surface area contributed by atoms with E-state index in [-0.39, 0.29) is 5.83 Å². The van der Waals surface area contributed by atoms with Crippen LogP contribution in [-0.4, -0.2) is 30.7 Å². The Labute approximate surface area is 147 Å². The van der Waals surface area contributed by atoms with Gasteiger partial charge in [0, 0.05) is 37.9 Å². The molecule has 0 aromatic carbocycles. The molecule has 0 bridgehead atoms. The molecule has 0 N–H and O–H groups in total. The van der Waals surface area contributed by atoms with Crippen molar-refractivity contribution in [2.75, 3.05) is 19.8 Å². The van der Waals surface area contributed by atoms with Gasteiger partial charge < -0.3 is 9.64 Å². The van der Waals surface area contributed by atoms with E-state index in [1.807, 2.05) is 0 Å². The van der Waals surface area contributed by atoms with Crippen LogP contribution in [0.1, 0.15) is 46.0 Å². The molecular weight excluding hydrogens is 301 g/mol. The molecule has 0 spiro atoms. The van der Waals surface area contributed by atoms with Gasteiger partial charge >= 0.3 is 0 Å². The van der Waals surface area contributed by atoms with Gasteiger partial charge in [0.05, 0.1) is 0 Å². The Hall–Kier alpha value is -1.61. The zero-order chi connectivity index (χ0) is 17.9. The maximum atomic E-state index is 14.6. The molecule has 1 aliphatic heterocycles. The maximum Gasteiger partial charge on any atom is 0.127 e. The third-order valence-corrected chi connectivity index (χ3v) is 4.44. The number of halogens is 1. The fourth-order valence-corrected chi connectivity index (χ4v) is 3.09. The van der Waals surface area contributed by atoms with Crippen molar-refractivity contribution in [3.8, 4) is 0 Å². The van der Waals surface area contributed by atoms with Gasteiger partial charge in [0.25, 0.3) is 0 Å². The normalized spacial score (nSPS) is 17.2. The van der Waals surface area contributed by atoms with Crippen LogP contribution < -0.4 is 0 Å². The van der Waals surface area contributed by atoms with Crippen LogP contribution in [0.5, 0.6) is 0 Å². The molecule has 2 nitrogen and oxygen atoms in total. The highest BCUT2D eigenvalue weighted by Gasteiger charge is 2.21. The van der Waals surface area contributed by atoms with E-state index in [4.69, 9.17) is 4.74 Å². The summed E-state index contributed by atoms with van der Waals surface area (Å²) in [6, 6.07) is 0.435. The number of nitrogens with zero attached hydrogens (tertiary/aromatic N) is 1. The number of ether oxygens (including phenoxy) is 1. The first-order chi connectivity index (χ1) is 11.6. The number of allylic oxidation sites excluding steroid dienone is 6. The first-order valence-corrected chi connectivity index (χ1v) is 8.93. The average molecular weight is 333 g/mol. The van der Waals surface area contributed by atoms with Gasteiger partial charge in [-0.3, -0.25) is 0 Å². The predicted molar refractivity (Wildman–Crippen MR) is 101 cm³/mol. The molecule has 1 fully saturated rings. The summed E-state index contributed by atoms with van der Waals surface area (Å²) in [7, 11) is 0. The van der Waals surface area contributed by atoms with E-state index >= 15 is 0 Å². The standard InChI is InChI=1S/C21H32FNO/c1-6-10-18(7-2)16-21(22)19(8-3)15-17(5)23(9-4)20-11-13-24-14-12-20/h7-8,16,20H,2-3,5-6,9-15H2,1,4H3/b18-16+,21-19-. The van der Waals surface area contributed by atoms with Crippen LogP contribution in [0.4, 0.5) is 4.39 Å². The smallest absolute Gasteiger partial charge is 0.127 e. The van der Waals surface area contributed by atoms with Crippen molar-refractivity contribution in [3.63, 3.8) is 0 Å². The van der Waals surface area contributed by atoms with E-state index in [0.29, 0.717) is 18.0 Å². The molecule has 1 rings (SSSR count). The van der Waals surface area contributed by atoms with Gasteiger partial charge in [-0.25, -0.2) is 4.39 Å². The third-order valence-electron chi connectivity index (χ3n) is 4.44. The molecular formula is C21H32FNO. The summed E-state index contributed by atoms with van der Waals surface area (Å²) < 4.78 is 20.0. The van der Waals surface area contributed by atoms with Crippen molar-refractivity contribution in [1.29, 1.82) is 0 Å². The lowest BCUT2D eigenvalue weighted by Crippen LogP contribution is -2.38. The van der Waals surface area contributed by atoms with Crippen LogP contribution >= 0.6 is 0 Å². The lowest BCUT2D eigenvalue weighted by atomic mass is 10.0. The molecule has 0 atom stereocenters. The molecule has 3 heteroatoms. The third kappa shape index (κ3) is 6.12. The Kier molecular flexibility index (Phi) is 9.39. The van der Waals surface area contributed by atoms with E-state index in [1.54, 1.807) is 18.2 Å². The largest absolute Gasteiger partial charge is 0.381 e. The van der Waals surface area contributed by atoms with Crippen molar-refractivity contribution >= 4 is 0 Å². The molecule has 1 aliphatic rings. The van der Waals surface area contributed by atoms with E-state index in [9.17, 15) is 4.39 Å². The first-order valence-electron chi connectivity index (χ1n) is 8.93. The second-order valence-corrected chi connectivity index (χ2v) is 6.12. The molecule has 1 heterocycles.